The monoisotopic (exact) mass is 290 g/mol. The van der Waals surface area contributed by atoms with Gasteiger partial charge in [0.2, 0.25) is 0 Å². The van der Waals surface area contributed by atoms with E-state index in [0.29, 0.717) is 18.1 Å². The van der Waals surface area contributed by atoms with Crippen LogP contribution in [0.25, 0.3) is 0 Å². The van der Waals surface area contributed by atoms with Crippen molar-refractivity contribution in [2.75, 3.05) is 18.4 Å². The van der Waals surface area contributed by atoms with Crippen LogP contribution in [0.3, 0.4) is 0 Å². The van der Waals surface area contributed by atoms with Crippen molar-refractivity contribution in [2.24, 2.45) is 0 Å². The first-order valence-corrected chi connectivity index (χ1v) is 7.59. The Labute approximate surface area is 122 Å². The van der Waals surface area contributed by atoms with Gasteiger partial charge in [0.25, 0.3) is 5.91 Å². The molecule has 6 heteroatoms. The highest BCUT2D eigenvalue weighted by molar-refractivity contribution is 7.07. The maximum Gasteiger partial charge on any atom is 0.271 e. The van der Waals surface area contributed by atoms with Crippen LogP contribution in [-0.4, -0.2) is 29.0 Å². The molecule has 0 spiro atoms. The molecular formula is C14H18N4OS. The normalized spacial score (nSPS) is 10.2. The number of carbonyl (C=O) groups is 1. The van der Waals surface area contributed by atoms with Gasteiger partial charge >= 0.3 is 0 Å². The highest BCUT2D eigenvalue weighted by Crippen LogP contribution is 2.06. The summed E-state index contributed by atoms with van der Waals surface area (Å²) < 4.78 is 0. The van der Waals surface area contributed by atoms with Crippen LogP contribution in [-0.2, 0) is 6.42 Å². The quantitative estimate of drug-likeness (QED) is 0.821. The van der Waals surface area contributed by atoms with Crippen molar-refractivity contribution in [2.45, 2.75) is 19.8 Å². The number of carbonyl (C=O) groups excluding carboxylic acids is 1. The summed E-state index contributed by atoms with van der Waals surface area (Å²) in [4.78, 5) is 20.2. The van der Waals surface area contributed by atoms with Crippen LogP contribution in [0.1, 0.15) is 29.4 Å². The minimum Gasteiger partial charge on any atom is -0.369 e. The Kier molecular flexibility index (Phi) is 5.49. The average molecular weight is 290 g/mol. The number of anilines is 1. The van der Waals surface area contributed by atoms with Crippen molar-refractivity contribution >= 4 is 23.1 Å². The topological polar surface area (TPSA) is 66.9 Å². The summed E-state index contributed by atoms with van der Waals surface area (Å²) in [6, 6.07) is 2.06. The molecule has 0 bridgehead atoms. The number of hydrogen-bond donors (Lipinski definition) is 2. The molecule has 0 atom stereocenters. The van der Waals surface area contributed by atoms with Crippen molar-refractivity contribution in [1.29, 1.82) is 0 Å². The minimum atomic E-state index is -0.187. The molecule has 1 amide bonds. The maximum atomic E-state index is 12.0. The molecular weight excluding hydrogens is 272 g/mol. The largest absolute Gasteiger partial charge is 0.369 e. The van der Waals surface area contributed by atoms with Gasteiger partial charge in [-0.05, 0) is 35.2 Å². The second kappa shape index (κ2) is 7.59. The van der Waals surface area contributed by atoms with E-state index in [4.69, 9.17) is 0 Å². The van der Waals surface area contributed by atoms with E-state index in [9.17, 15) is 4.79 Å². The van der Waals surface area contributed by atoms with Crippen LogP contribution in [0.15, 0.2) is 29.2 Å². The summed E-state index contributed by atoms with van der Waals surface area (Å²) >= 11 is 1.66. The van der Waals surface area contributed by atoms with Crippen LogP contribution >= 0.6 is 11.3 Å². The first-order valence-electron chi connectivity index (χ1n) is 6.64. The Morgan fingerprint density at radius 3 is 3.00 bits per heavy atom. The summed E-state index contributed by atoms with van der Waals surface area (Å²) in [5, 5.41) is 10.1. The van der Waals surface area contributed by atoms with Gasteiger partial charge in [-0.2, -0.15) is 11.3 Å². The Hall–Kier alpha value is -1.95. The van der Waals surface area contributed by atoms with E-state index in [1.807, 2.05) is 5.38 Å². The van der Waals surface area contributed by atoms with Gasteiger partial charge in [0.15, 0.2) is 0 Å². The third-order valence-corrected chi connectivity index (χ3v) is 3.43. The average Bonchev–Trinajstić information content (AvgIpc) is 2.98. The fourth-order valence-electron chi connectivity index (χ4n) is 1.66. The molecule has 0 saturated heterocycles. The van der Waals surface area contributed by atoms with Gasteiger partial charge in [-0.1, -0.05) is 6.92 Å². The minimum absolute atomic E-state index is 0.187. The molecule has 0 unspecified atom stereocenters. The molecule has 2 heterocycles. The van der Waals surface area contributed by atoms with Gasteiger partial charge < -0.3 is 10.6 Å². The van der Waals surface area contributed by atoms with E-state index in [2.05, 4.69) is 39.0 Å². The van der Waals surface area contributed by atoms with Crippen molar-refractivity contribution in [3.05, 3.63) is 40.5 Å². The third-order valence-electron chi connectivity index (χ3n) is 2.70. The van der Waals surface area contributed by atoms with E-state index in [1.54, 1.807) is 17.5 Å². The fraction of sp³-hybridized carbons (Fsp3) is 0.357. The Morgan fingerprint density at radius 1 is 1.35 bits per heavy atom. The van der Waals surface area contributed by atoms with Crippen molar-refractivity contribution in [3.63, 3.8) is 0 Å². The number of nitrogens with one attached hydrogen (secondary N) is 2. The summed E-state index contributed by atoms with van der Waals surface area (Å²) in [7, 11) is 0. The standard InChI is InChI=1S/C14H18N4OS/c1-2-5-16-13-9-15-8-12(18-13)14(19)17-6-3-11-4-7-20-10-11/h4,7-10H,2-3,5-6H2,1H3,(H,16,18)(H,17,19). The number of aromatic nitrogens is 2. The lowest BCUT2D eigenvalue weighted by Crippen LogP contribution is -2.26. The second-order valence-electron chi connectivity index (χ2n) is 4.35. The molecule has 0 aliphatic heterocycles. The van der Waals surface area contributed by atoms with E-state index in [-0.39, 0.29) is 5.91 Å². The van der Waals surface area contributed by atoms with Crippen LogP contribution in [0, 0.1) is 0 Å². The van der Waals surface area contributed by atoms with Crippen molar-refractivity contribution < 1.29 is 4.79 Å². The molecule has 0 aromatic carbocycles. The highest BCUT2D eigenvalue weighted by Gasteiger charge is 2.08. The van der Waals surface area contributed by atoms with Crippen LogP contribution in [0.2, 0.25) is 0 Å². The van der Waals surface area contributed by atoms with Gasteiger partial charge in [-0.15, -0.1) is 0 Å². The number of thiophene rings is 1. The molecule has 0 saturated carbocycles. The zero-order valence-corrected chi connectivity index (χ0v) is 12.2. The molecule has 0 radical (unpaired) electrons. The Balaban J connectivity index is 1.85. The Morgan fingerprint density at radius 2 is 2.25 bits per heavy atom. The Bertz CT molecular complexity index is 542. The zero-order valence-electron chi connectivity index (χ0n) is 11.4. The zero-order chi connectivity index (χ0) is 14.2. The smallest absolute Gasteiger partial charge is 0.271 e. The molecule has 2 rings (SSSR count). The van der Waals surface area contributed by atoms with E-state index in [0.717, 1.165) is 19.4 Å². The van der Waals surface area contributed by atoms with Gasteiger partial charge in [0.05, 0.1) is 12.4 Å². The molecule has 2 aromatic heterocycles. The lowest BCUT2D eigenvalue weighted by molar-refractivity contribution is 0.0949. The van der Waals surface area contributed by atoms with E-state index in [1.165, 1.54) is 11.8 Å². The SMILES string of the molecule is CCCNc1cncc(C(=O)NCCc2ccsc2)n1. The fourth-order valence-corrected chi connectivity index (χ4v) is 2.36. The maximum absolute atomic E-state index is 12.0. The molecule has 0 fully saturated rings. The number of amides is 1. The number of nitrogens with zero attached hydrogens (tertiary/aromatic N) is 2. The van der Waals surface area contributed by atoms with Gasteiger partial charge in [-0.3, -0.25) is 9.78 Å². The van der Waals surface area contributed by atoms with Crippen molar-refractivity contribution in [3.8, 4) is 0 Å². The highest BCUT2D eigenvalue weighted by atomic mass is 32.1. The summed E-state index contributed by atoms with van der Waals surface area (Å²) in [6.45, 7) is 3.49. The summed E-state index contributed by atoms with van der Waals surface area (Å²) in [5.74, 6) is 0.449. The van der Waals surface area contributed by atoms with Crippen LogP contribution < -0.4 is 10.6 Å². The van der Waals surface area contributed by atoms with Gasteiger partial charge in [0, 0.05) is 13.1 Å². The predicted octanol–water partition coefficient (Wildman–Crippen LogP) is 2.33. The number of rotatable bonds is 7. The third kappa shape index (κ3) is 4.31. The van der Waals surface area contributed by atoms with E-state index >= 15 is 0 Å². The lowest BCUT2D eigenvalue weighted by atomic mass is 10.2. The molecule has 5 nitrogen and oxygen atoms in total. The number of hydrogen-bond acceptors (Lipinski definition) is 5. The van der Waals surface area contributed by atoms with E-state index < -0.39 is 0 Å². The predicted molar refractivity (Wildman–Crippen MR) is 81.2 cm³/mol. The lowest BCUT2D eigenvalue weighted by Gasteiger charge is -2.06. The summed E-state index contributed by atoms with van der Waals surface area (Å²) in [6.07, 6.45) is 4.93. The van der Waals surface area contributed by atoms with Crippen LogP contribution in [0.4, 0.5) is 5.82 Å². The summed E-state index contributed by atoms with van der Waals surface area (Å²) in [5.41, 5.74) is 1.58. The first-order chi connectivity index (χ1) is 9.79. The van der Waals surface area contributed by atoms with Gasteiger partial charge in [0.1, 0.15) is 11.5 Å². The molecule has 106 valence electrons. The van der Waals surface area contributed by atoms with Crippen LogP contribution in [0.5, 0.6) is 0 Å². The second-order valence-corrected chi connectivity index (χ2v) is 5.13. The molecule has 2 N–H and O–H groups in total. The van der Waals surface area contributed by atoms with Crippen molar-refractivity contribution in [1.82, 2.24) is 15.3 Å². The molecule has 20 heavy (non-hydrogen) atoms. The van der Waals surface area contributed by atoms with Gasteiger partial charge in [-0.25, -0.2) is 4.98 Å². The molecule has 0 aliphatic rings. The first kappa shape index (κ1) is 14.5. The molecule has 0 aliphatic carbocycles. The molecule has 2 aromatic rings.